The van der Waals surface area contributed by atoms with Gasteiger partial charge in [0.2, 0.25) is 0 Å². The molecule has 0 amide bonds. The molecule has 0 aliphatic carbocycles. The fourth-order valence-corrected chi connectivity index (χ4v) is 3.12. The molecule has 1 aromatic carbocycles. The van der Waals surface area contributed by atoms with Gasteiger partial charge in [-0.1, -0.05) is 18.2 Å². The zero-order chi connectivity index (χ0) is 16.0. The molecule has 0 saturated heterocycles. The van der Waals surface area contributed by atoms with E-state index in [4.69, 9.17) is 4.98 Å². The number of rotatable bonds is 3. The van der Waals surface area contributed by atoms with Crippen molar-refractivity contribution >= 4 is 28.4 Å². The summed E-state index contributed by atoms with van der Waals surface area (Å²) in [5.74, 6) is 0.855. The highest BCUT2D eigenvalue weighted by atomic mass is 16.1. The second-order valence-electron chi connectivity index (χ2n) is 5.56. The molecule has 23 heavy (non-hydrogen) atoms. The van der Waals surface area contributed by atoms with Crippen molar-refractivity contribution in [3.8, 4) is 11.5 Å². The Hall–Kier alpha value is -2.95. The van der Waals surface area contributed by atoms with Gasteiger partial charge in [-0.3, -0.25) is 4.79 Å². The number of para-hydroxylation sites is 1. The highest BCUT2D eigenvalue weighted by Crippen LogP contribution is 2.29. The molecule has 0 bridgehead atoms. The Morgan fingerprint density at radius 1 is 1.22 bits per heavy atom. The number of aromatic nitrogens is 4. The van der Waals surface area contributed by atoms with Crippen LogP contribution in [0.2, 0.25) is 0 Å². The third-order valence-corrected chi connectivity index (χ3v) is 4.22. The SMILES string of the molecule is CCn1c(-c2nc3cc(C=O)cnc3n2C)cc2ccccc21. The summed E-state index contributed by atoms with van der Waals surface area (Å²) in [6.45, 7) is 2.99. The number of aldehydes is 1. The number of imidazole rings is 1. The summed E-state index contributed by atoms with van der Waals surface area (Å²) in [4.78, 5) is 20.0. The number of benzene rings is 1. The van der Waals surface area contributed by atoms with Gasteiger partial charge in [0, 0.05) is 36.3 Å². The van der Waals surface area contributed by atoms with E-state index in [1.54, 1.807) is 12.3 Å². The Morgan fingerprint density at radius 3 is 2.83 bits per heavy atom. The van der Waals surface area contributed by atoms with Crippen molar-refractivity contribution in [2.45, 2.75) is 13.5 Å². The first kappa shape index (κ1) is 13.7. The normalized spacial score (nSPS) is 11.4. The molecule has 0 saturated carbocycles. The first-order valence-corrected chi connectivity index (χ1v) is 7.59. The molecule has 0 aliphatic heterocycles. The number of hydrogen-bond donors (Lipinski definition) is 0. The first-order chi connectivity index (χ1) is 11.2. The van der Waals surface area contributed by atoms with Crippen LogP contribution < -0.4 is 0 Å². The summed E-state index contributed by atoms with van der Waals surface area (Å²) in [5, 5.41) is 1.19. The highest BCUT2D eigenvalue weighted by Gasteiger charge is 2.16. The zero-order valence-corrected chi connectivity index (χ0v) is 13.0. The van der Waals surface area contributed by atoms with Gasteiger partial charge in [0.15, 0.2) is 17.8 Å². The minimum atomic E-state index is 0.540. The van der Waals surface area contributed by atoms with E-state index < -0.39 is 0 Å². The van der Waals surface area contributed by atoms with Crippen molar-refractivity contribution in [3.05, 3.63) is 48.2 Å². The number of fused-ring (bicyclic) bond motifs is 2. The predicted molar refractivity (Wildman–Crippen MR) is 90.5 cm³/mol. The molecule has 0 spiro atoms. The van der Waals surface area contributed by atoms with Crippen LogP contribution in [0.3, 0.4) is 0 Å². The lowest BCUT2D eigenvalue weighted by atomic mass is 10.2. The number of carbonyl (C=O) groups is 1. The fraction of sp³-hybridized carbons (Fsp3) is 0.167. The number of carbonyl (C=O) groups excluding carboxylic acids is 1. The lowest BCUT2D eigenvalue weighted by Crippen LogP contribution is -2.01. The van der Waals surface area contributed by atoms with Crippen molar-refractivity contribution in [1.82, 2.24) is 19.1 Å². The Balaban J connectivity index is 2.02. The van der Waals surface area contributed by atoms with Gasteiger partial charge in [0.05, 0.1) is 5.69 Å². The molecule has 3 heterocycles. The van der Waals surface area contributed by atoms with Crippen molar-refractivity contribution in [3.63, 3.8) is 0 Å². The smallest absolute Gasteiger partial charge is 0.160 e. The van der Waals surface area contributed by atoms with E-state index in [0.717, 1.165) is 35.5 Å². The molecule has 4 rings (SSSR count). The minimum Gasteiger partial charge on any atom is -0.338 e. The number of nitrogens with zero attached hydrogens (tertiary/aromatic N) is 4. The van der Waals surface area contributed by atoms with Crippen LogP contribution in [0.4, 0.5) is 0 Å². The van der Waals surface area contributed by atoms with Gasteiger partial charge in [-0.25, -0.2) is 9.97 Å². The lowest BCUT2D eigenvalue weighted by Gasteiger charge is -2.07. The maximum atomic E-state index is 11.0. The van der Waals surface area contributed by atoms with Gasteiger partial charge in [-0.15, -0.1) is 0 Å². The second-order valence-corrected chi connectivity index (χ2v) is 5.56. The maximum absolute atomic E-state index is 11.0. The summed E-state index contributed by atoms with van der Waals surface area (Å²) >= 11 is 0. The average Bonchev–Trinajstić information content (AvgIpc) is 3.11. The number of pyridine rings is 1. The molecule has 0 unspecified atom stereocenters. The van der Waals surface area contributed by atoms with E-state index in [2.05, 4.69) is 34.7 Å². The van der Waals surface area contributed by atoms with Crippen molar-refractivity contribution < 1.29 is 4.79 Å². The molecule has 4 aromatic rings. The van der Waals surface area contributed by atoms with E-state index in [9.17, 15) is 4.79 Å². The summed E-state index contributed by atoms with van der Waals surface area (Å²) in [5.41, 5.74) is 4.30. The summed E-state index contributed by atoms with van der Waals surface area (Å²) in [7, 11) is 1.95. The van der Waals surface area contributed by atoms with Crippen LogP contribution in [0.15, 0.2) is 42.6 Å². The van der Waals surface area contributed by atoms with Crippen LogP contribution in [0.1, 0.15) is 17.3 Å². The molecular formula is C18H16N4O. The molecule has 0 aliphatic rings. The van der Waals surface area contributed by atoms with Crippen molar-refractivity contribution in [2.75, 3.05) is 0 Å². The van der Waals surface area contributed by atoms with Gasteiger partial charge in [-0.2, -0.15) is 0 Å². The quantitative estimate of drug-likeness (QED) is 0.545. The Bertz CT molecular complexity index is 1040. The van der Waals surface area contributed by atoms with Crippen LogP contribution in [0.5, 0.6) is 0 Å². The van der Waals surface area contributed by atoms with E-state index >= 15 is 0 Å². The summed E-state index contributed by atoms with van der Waals surface area (Å²) < 4.78 is 4.22. The maximum Gasteiger partial charge on any atom is 0.160 e. The molecule has 5 heteroatoms. The first-order valence-electron chi connectivity index (χ1n) is 7.59. The molecule has 5 nitrogen and oxygen atoms in total. The van der Waals surface area contributed by atoms with Crippen LogP contribution in [0.25, 0.3) is 33.6 Å². The van der Waals surface area contributed by atoms with E-state index in [1.165, 1.54) is 10.9 Å². The van der Waals surface area contributed by atoms with Crippen molar-refractivity contribution in [2.24, 2.45) is 7.05 Å². The molecule has 114 valence electrons. The third-order valence-electron chi connectivity index (χ3n) is 4.22. The highest BCUT2D eigenvalue weighted by molar-refractivity contribution is 5.88. The average molecular weight is 304 g/mol. The monoisotopic (exact) mass is 304 g/mol. The molecule has 0 N–H and O–H groups in total. The Labute approximate surface area is 133 Å². The Morgan fingerprint density at radius 2 is 2.04 bits per heavy atom. The zero-order valence-electron chi connectivity index (χ0n) is 13.0. The van der Waals surface area contributed by atoms with Gasteiger partial charge < -0.3 is 9.13 Å². The standard InChI is InChI=1S/C18H16N4O/c1-3-22-15-7-5-4-6-13(15)9-16(22)18-20-14-8-12(11-23)10-19-17(14)21(18)2/h4-11H,3H2,1-2H3. The predicted octanol–water partition coefficient (Wildman–Crippen LogP) is 3.42. The minimum absolute atomic E-state index is 0.540. The van der Waals surface area contributed by atoms with Gasteiger partial charge >= 0.3 is 0 Å². The molecule has 0 atom stereocenters. The van der Waals surface area contributed by atoms with E-state index in [0.29, 0.717) is 5.56 Å². The fourth-order valence-electron chi connectivity index (χ4n) is 3.12. The van der Waals surface area contributed by atoms with E-state index in [-0.39, 0.29) is 0 Å². The van der Waals surface area contributed by atoms with Crippen LogP contribution >= 0.6 is 0 Å². The number of hydrogen-bond acceptors (Lipinski definition) is 3. The second kappa shape index (κ2) is 5.05. The van der Waals surface area contributed by atoms with Crippen LogP contribution in [0, 0.1) is 0 Å². The van der Waals surface area contributed by atoms with E-state index in [1.807, 2.05) is 23.7 Å². The summed E-state index contributed by atoms with van der Waals surface area (Å²) in [6.07, 6.45) is 2.37. The molecule has 0 radical (unpaired) electrons. The molecule has 0 fully saturated rings. The van der Waals surface area contributed by atoms with Crippen molar-refractivity contribution in [1.29, 1.82) is 0 Å². The Kier molecular flexibility index (Phi) is 3.01. The molecule has 3 aromatic heterocycles. The molecular weight excluding hydrogens is 288 g/mol. The third kappa shape index (κ3) is 1.97. The van der Waals surface area contributed by atoms with Gasteiger partial charge in [0.1, 0.15) is 5.52 Å². The van der Waals surface area contributed by atoms with Crippen LogP contribution in [-0.2, 0) is 13.6 Å². The number of aryl methyl sites for hydroxylation is 2. The van der Waals surface area contributed by atoms with Gasteiger partial charge in [0.25, 0.3) is 0 Å². The lowest BCUT2D eigenvalue weighted by molar-refractivity contribution is 0.112. The largest absolute Gasteiger partial charge is 0.338 e. The van der Waals surface area contributed by atoms with Crippen LogP contribution in [-0.4, -0.2) is 25.4 Å². The van der Waals surface area contributed by atoms with Gasteiger partial charge in [-0.05, 0) is 25.1 Å². The topological polar surface area (TPSA) is 52.7 Å². The summed E-state index contributed by atoms with van der Waals surface area (Å²) in [6, 6.07) is 12.2.